The van der Waals surface area contributed by atoms with Gasteiger partial charge in [-0.1, -0.05) is 171 Å². The third-order valence-corrected chi connectivity index (χ3v) is 12.5. The first-order chi connectivity index (χ1) is 28.5. The molecule has 3 heterocycles. The van der Waals surface area contributed by atoms with Crippen LogP contribution in [0.3, 0.4) is 0 Å². The van der Waals surface area contributed by atoms with Gasteiger partial charge in [-0.2, -0.15) is 0 Å². The van der Waals surface area contributed by atoms with E-state index in [1.54, 1.807) is 0 Å². The standard InChI is InChI=1S/C51H40N6S/c1-51(2)41-27-15-16-29-43(41)58-44-40(26-17-28-42(44)51)37-30-38(49-54-45(33-18-7-3-8-19-33)52-46(55-49)34-20-9-4-10-21-34)32-39(31-37)50-56-47(35-22-11-5-12-23-35)53-48(57-50)36-24-13-6-14-25-36/h3-15,17-24,26-28,30-32,36H,16,25,29H2,1-2H3. The topological polar surface area (TPSA) is 77.3 Å². The van der Waals surface area contributed by atoms with E-state index in [1.807, 2.05) is 90.6 Å². The molecule has 3 aliphatic rings. The summed E-state index contributed by atoms with van der Waals surface area (Å²) in [6.45, 7) is 4.71. The largest absolute Gasteiger partial charge is 0.212 e. The molecule has 10 rings (SSSR count). The number of rotatable bonds is 7. The van der Waals surface area contributed by atoms with Crippen LogP contribution < -0.4 is 0 Å². The van der Waals surface area contributed by atoms with Gasteiger partial charge in [0, 0.05) is 44.0 Å². The van der Waals surface area contributed by atoms with E-state index in [-0.39, 0.29) is 11.3 Å². The highest BCUT2D eigenvalue weighted by Crippen LogP contribution is 2.54. The average molecular weight is 769 g/mol. The van der Waals surface area contributed by atoms with Gasteiger partial charge in [0.2, 0.25) is 0 Å². The summed E-state index contributed by atoms with van der Waals surface area (Å²) in [5, 5.41) is 0. The van der Waals surface area contributed by atoms with E-state index in [4.69, 9.17) is 29.9 Å². The van der Waals surface area contributed by atoms with E-state index in [0.717, 1.165) is 58.5 Å². The van der Waals surface area contributed by atoms with Crippen molar-refractivity contribution in [1.82, 2.24) is 29.9 Å². The van der Waals surface area contributed by atoms with Crippen molar-refractivity contribution in [3.8, 4) is 68.1 Å². The molecule has 0 N–H and O–H groups in total. The first kappa shape index (κ1) is 35.8. The molecule has 0 saturated heterocycles. The van der Waals surface area contributed by atoms with Gasteiger partial charge in [-0.3, -0.25) is 0 Å². The van der Waals surface area contributed by atoms with Crippen molar-refractivity contribution in [3.05, 3.63) is 186 Å². The van der Waals surface area contributed by atoms with E-state index in [0.29, 0.717) is 29.1 Å². The van der Waals surface area contributed by atoms with Crippen molar-refractivity contribution >= 4 is 11.8 Å². The van der Waals surface area contributed by atoms with Crippen LogP contribution in [0.5, 0.6) is 0 Å². The summed E-state index contributed by atoms with van der Waals surface area (Å²) in [6, 6.07) is 43.8. The van der Waals surface area contributed by atoms with Crippen LogP contribution in [0.15, 0.2) is 179 Å². The van der Waals surface area contributed by atoms with Gasteiger partial charge < -0.3 is 0 Å². The molecule has 58 heavy (non-hydrogen) atoms. The molecule has 280 valence electrons. The second-order valence-electron chi connectivity index (χ2n) is 15.4. The number of allylic oxidation sites excluding steroid dienone is 8. The third-order valence-electron chi connectivity index (χ3n) is 11.2. The number of aromatic nitrogens is 6. The average Bonchev–Trinajstić information content (AvgIpc) is 3.29. The van der Waals surface area contributed by atoms with Crippen LogP contribution in [0.4, 0.5) is 0 Å². The number of nitrogens with zero attached hydrogens (tertiary/aromatic N) is 6. The zero-order valence-corrected chi connectivity index (χ0v) is 33.2. The predicted molar refractivity (Wildman–Crippen MR) is 236 cm³/mol. The fourth-order valence-corrected chi connectivity index (χ4v) is 9.72. The van der Waals surface area contributed by atoms with Gasteiger partial charge in [-0.25, -0.2) is 29.9 Å². The lowest BCUT2D eigenvalue weighted by molar-refractivity contribution is 0.611. The van der Waals surface area contributed by atoms with Crippen molar-refractivity contribution in [2.24, 2.45) is 0 Å². The smallest absolute Gasteiger partial charge is 0.164 e. The number of thioether (sulfide) groups is 1. The molecule has 1 unspecified atom stereocenters. The quantitative estimate of drug-likeness (QED) is 0.160. The Morgan fingerprint density at radius 3 is 1.64 bits per heavy atom. The highest BCUT2D eigenvalue weighted by Gasteiger charge is 2.36. The zero-order valence-electron chi connectivity index (χ0n) is 32.4. The fourth-order valence-electron chi connectivity index (χ4n) is 8.10. The number of fused-ring (bicyclic) bond motifs is 1. The molecule has 0 bridgehead atoms. The van der Waals surface area contributed by atoms with Crippen molar-refractivity contribution in [2.75, 3.05) is 0 Å². The van der Waals surface area contributed by atoms with Crippen LogP contribution in [-0.2, 0) is 5.41 Å². The van der Waals surface area contributed by atoms with Crippen LogP contribution in [0.2, 0.25) is 0 Å². The summed E-state index contributed by atoms with van der Waals surface area (Å²) in [5.74, 6) is 3.84. The Bertz CT molecular complexity index is 2750. The molecule has 1 aliphatic heterocycles. The van der Waals surface area contributed by atoms with Gasteiger partial charge in [0.1, 0.15) is 5.82 Å². The van der Waals surface area contributed by atoms with Crippen LogP contribution >= 0.6 is 11.8 Å². The lowest BCUT2D eigenvalue weighted by Crippen LogP contribution is -2.25. The van der Waals surface area contributed by atoms with Gasteiger partial charge in [0.15, 0.2) is 29.1 Å². The highest BCUT2D eigenvalue weighted by molar-refractivity contribution is 8.03. The number of hydrogen-bond donors (Lipinski definition) is 0. The Morgan fingerprint density at radius 2 is 1.07 bits per heavy atom. The Labute approximate surface area is 343 Å². The lowest BCUT2D eigenvalue weighted by Gasteiger charge is -2.38. The van der Waals surface area contributed by atoms with Crippen molar-refractivity contribution in [2.45, 2.75) is 49.3 Å². The Morgan fingerprint density at radius 1 is 0.534 bits per heavy atom. The molecule has 1 atom stereocenters. The normalized spacial score (nSPS) is 16.6. The molecular formula is C51H40N6S. The van der Waals surface area contributed by atoms with Crippen LogP contribution in [0, 0.1) is 0 Å². The molecule has 0 saturated carbocycles. The predicted octanol–water partition coefficient (Wildman–Crippen LogP) is 12.6. The second-order valence-corrected chi connectivity index (χ2v) is 16.5. The van der Waals surface area contributed by atoms with Gasteiger partial charge in [-0.15, -0.1) is 0 Å². The molecule has 2 aliphatic carbocycles. The van der Waals surface area contributed by atoms with Gasteiger partial charge in [0.25, 0.3) is 0 Å². The van der Waals surface area contributed by atoms with E-state index >= 15 is 0 Å². The molecule has 0 amide bonds. The van der Waals surface area contributed by atoms with E-state index in [2.05, 4.69) is 98.8 Å². The Kier molecular flexibility index (Phi) is 9.30. The molecule has 2 aromatic heterocycles. The first-order valence-electron chi connectivity index (χ1n) is 19.9. The first-order valence-corrected chi connectivity index (χ1v) is 20.7. The molecule has 0 fully saturated rings. The molecule has 6 nitrogen and oxygen atoms in total. The minimum Gasteiger partial charge on any atom is -0.212 e. The molecule has 5 aromatic carbocycles. The van der Waals surface area contributed by atoms with Gasteiger partial charge >= 0.3 is 0 Å². The number of benzene rings is 5. The minimum atomic E-state index is -0.137. The minimum absolute atomic E-state index is 0.0362. The summed E-state index contributed by atoms with van der Waals surface area (Å²) >= 11 is 1.92. The molecule has 7 aromatic rings. The van der Waals surface area contributed by atoms with Crippen molar-refractivity contribution in [1.29, 1.82) is 0 Å². The maximum absolute atomic E-state index is 5.24. The SMILES string of the molecule is CC1(C)C2=C(CCC=C2)Sc2c(-c3cc(-c4nc(-c5ccccc5)nc(-c5ccccc5)n4)cc(-c4nc(-c5ccccc5)nc(C5C=CC=CC5)n4)c3)cccc21. The molecule has 7 heteroatoms. The van der Waals surface area contributed by atoms with Crippen LogP contribution in [0.25, 0.3) is 68.1 Å². The maximum Gasteiger partial charge on any atom is 0.164 e. The summed E-state index contributed by atoms with van der Waals surface area (Å²) in [7, 11) is 0. The van der Waals surface area contributed by atoms with Crippen LogP contribution in [0.1, 0.15) is 50.4 Å². The van der Waals surface area contributed by atoms with Crippen LogP contribution in [-0.4, -0.2) is 29.9 Å². The Balaban J connectivity index is 1.22. The van der Waals surface area contributed by atoms with Gasteiger partial charge in [0.05, 0.1) is 0 Å². The monoisotopic (exact) mass is 768 g/mol. The summed E-state index contributed by atoms with van der Waals surface area (Å²) < 4.78 is 0. The lowest BCUT2D eigenvalue weighted by atomic mass is 9.74. The number of hydrogen-bond acceptors (Lipinski definition) is 7. The maximum atomic E-state index is 5.24. The molecular weight excluding hydrogens is 729 g/mol. The van der Waals surface area contributed by atoms with E-state index < -0.39 is 0 Å². The van der Waals surface area contributed by atoms with E-state index in [9.17, 15) is 0 Å². The Hall–Kier alpha value is -6.57. The summed E-state index contributed by atoms with van der Waals surface area (Å²) in [4.78, 5) is 33.6. The summed E-state index contributed by atoms with van der Waals surface area (Å²) in [6.07, 6.45) is 16.1. The highest BCUT2D eigenvalue weighted by atomic mass is 32.2. The van der Waals surface area contributed by atoms with Crippen molar-refractivity contribution in [3.63, 3.8) is 0 Å². The summed E-state index contributed by atoms with van der Waals surface area (Å²) in [5.41, 5.74) is 9.34. The fraction of sp³-hybridized carbons (Fsp3) is 0.137. The zero-order chi connectivity index (χ0) is 39.1. The van der Waals surface area contributed by atoms with E-state index in [1.165, 1.54) is 26.5 Å². The van der Waals surface area contributed by atoms with Crippen molar-refractivity contribution < 1.29 is 0 Å². The molecule has 0 radical (unpaired) electrons. The third kappa shape index (κ3) is 6.81. The molecule has 0 spiro atoms. The second kappa shape index (κ2) is 15.1. The van der Waals surface area contributed by atoms with Gasteiger partial charge in [-0.05, 0) is 64.6 Å².